The standard InChI is InChI=1S/C12H15N3OS/c16-9-4-5-15-12(7-9)13-11(14-15)8-10-3-1-2-6-17-10/h4-5,7,10H,1-3,6,8H2,(H,13,14). The molecule has 1 atom stereocenters. The summed E-state index contributed by atoms with van der Waals surface area (Å²) < 4.78 is 1.81. The number of aromatic nitrogens is 3. The number of rotatable bonds is 2. The van der Waals surface area contributed by atoms with Gasteiger partial charge in [-0.3, -0.25) is 9.89 Å². The number of fused-ring (bicyclic) bond motifs is 1. The van der Waals surface area contributed by atoms with Crippen LogP contribution < -0.4 is 5.43 Å². The maximum absolute atomic E-state index is 11.2. The van der Waals surface area contributed by atoms with E-state index in [1.54, 1.807) is 18.3 Å². The maximum Gasteiger partial charge on any atom is 0.183 e. The van der Waals surface area contributed by atoms with E-state index in [0.29, 0.717) is 10.9 Å². The highest BCUT2D eigenvalue weighted by molar-refractivity contribution is 7.99. The Morgan fingerprint density at radius 3 is 3.29 bits per heavy atom. The fourth-order valence-corrected chi connectivity index (χ4v) is 3.54. The fourth-order valence-electron chi connectivity index (χ4n) is 2.23. The van der Waals surface area contributed by atoms with Crippen molar-refractivity contribution < 1.29 is 0 Å². The highest BCUT2D eigenvalue weighted by atomic mass is 32.2. The van der Waals surface area contributed by atoms with Crippen LogP contribution in [0.5, 0.6) is 0 Å². The lowest BCUT2D eigenvalue weighted by molar-refractivity contribution is 0.647. The van der Waals surface area contributed by atoms with Crippen LogP contribution in [0.3, 0.4) is 0 Å². The molecule has 5 heteroatoms. The zero-order valence-electron chi connectivity index (χ0n) is 9.56. The van der Waals surface area contributed by atoms with Gasteiger partial charge >= 0.3 is 0 Å². The Labute approximate surface area is 103 Å². The monoisotopic (exact) mass is 249 g/mol. The summed E-state index contributed by atoms with van der Waals surface area (Å²) in [7, 11) is 0. The third-order valence-electron chi connectivity index (χ3n) is 3.10. The first kappa shape index (κ1) is 10.9. The quantitative estimate of drug-likeness (QED) is 0.883. The van der Waals surface area contributed by atoms with Crippen LogP contribution in [0.4, 0.5) is 0 Å². The zero-order valence-corrected chi connectivity index (χ0v) is 10.4. The molecule has 3 heterocycles. The predicted molar refractivity (Wildman–Crippen MR) is 69.6 cm³/mol. The minimum Gasteiger partial charge on any atom is -0.290 e. The molecule has 2 aromatic heterocycles. The van der Waals surface area contributed by atoms with Crippen LogP contribution in [0.25, 0.3) is 5.65 Å². The normalized spacial score (nSPS) is 20.8. The second-order valence-electron chi connectivity index (χ2n) is 4.45. The van der Waals surface area contributed by atoms with Crippen molar-refractivity contribution in [3.63, 3.8) is 0 Å². The van der Waals surface area contributed by atoms with Crippen molar-refractivity contribution in [2.24, 2.45) is 0 Å². The highest BCUT2D eigenvalue weighted by Crippen LogP contribution is 2.27. The van der Waals surface area contributed by atoms with Crippen molar-refractivity contribution in [1.29, 1.82) is 0 Å². The highest BCUT2D eigenvalue weighted by Gasteiger charge is 2.16. The first-order valence-electron chi connectivity index (χ1n) is 6.00. The molecule has 0 radical (unpaired) electrons. The van der Waals surface area contributed by atoms with E-state index in [1.165, 1.54) is 25.0 Å². The molecule has 2 aromatic rings. The third-order valence-corrected chi connectivity index (χ3v) is 4.50. The molecule has 0 aromatic carbocycles. The summed E-state index contributed by atoms with van der Waals surface area (Å²) in [5.41, 5.74) is 0.725. The average molecular weight is 249 g/mol. The molecule has 1 fully saturated rings. The lowest BCUT2D eigenvalue weighted by Gasteiger charge is -2.19. The van der Waals surface area contributed by atoms with Gasteiger partial charge in [0.15, 0.2) is 11.1 Å². The molecule has 4 nitrogen and oxygen atoms in total. The number of hydrogen-bond acceptors (Lipinski definition) is 3. The summed E-state index contributed by atoms with van der Waals surface area (Å²) in [4.78, 5) is 15.7. The largest absolute Gasteiger partial charge is 0.290 e. The van der Waals surface area contributed by atoms with Gasteiger partial charge in [0, 0.05) is 30.0 Å². The van der Waals surface area contributed by atoms with Crippen molar-refractivity contribution in [1.82, 2.24) is 14.6 Å². The van der Waals surface area contributed by atoms with Crippen LogP contribution in [-0.2, 0) is 6.42 Å². The van der Waals surface area contributed by atoms with Gasteiger partial charge in [0.25, 0.3) is 0 Å². The van der Waals surface area contributed by atoms with Crippen molar-refractivity contribution in [3.05, 3.63) is 34.4 Å². The molecule has 0 spiro atoms. The van der Waals surface area contributed by atoms with Gasteiger partial charge < -0.3 is 0 Å². The van der Waals surface area contributed by atoms with Crippen LogP contribution in [0.1, 0.15) is 25.1 Å². The summed E-state index contributed by atoms with van der Waals surface area (Å²) in [5.74, 6) is 2.25. The number of H-pyrrole nitrogens is 1. The van der Waals surface area contributed by atoms with Crippen molar-refractivity contribution >= 4 is 17.4 Å². The predicted octanol–water partition coefficient (Wildman–Crippen LogP) is 1.85. The van der Waals surface area contributed by atoms with Crippen molar-refractivity contribution in [3.8, 4) is 0 Å². The molecule has 1 saturated heterocycles. The molecule has 0 amide bonds. The van der Waals surface area contributed by atoms with E-state index in [-0.39, 0.29) is 5.43 Å². The number of pyridine rings is 1. The van der Waals surface area contributed by atoms with Gasteiger partial charge in [0.2, 0.25) is 0 Å². The summed E-state index contributed by atoms with van der Waals surface area (Å²) in [5, 5.41) is 3.90. The fraction of sp³-hybridized carbons (Fsp3) is 0.500. The lowest BCUT2D eigenvalue weighted by Crippen LogP contribution is -2.13. The molecule has 1 unspecified atom stereocenters. The van der Waals surface area contributed by atoms with E-state index in [1.807, 2.05) is 16.3 Å². The Morgan fingerprint density at radius 2 is 2.47 bits per heavy atom. The van der Waals surface area contributed by atoms with E-state index in [4.69, 9.17) is 0 Å². The number of thioether (sulfide) groups is 1. The Morgan fingerprint density at radius 1 is 1.53 bits per heavy atom. The molecular weight excluding hydrogens is 234 g/mol. The number of nitrogens with zero attached hydrogens (tertiary/aromatic N) is 2. The van der Waals surface area contributed by atoms with E-state index in [0.717, 1.165) is 12.2 Å². The van der Waals surface area contributed by atoms with E-state index in [2.05, 4.69) is 10.1 Å². The first-order chi connectivity index (χ1) is 8.31. The molecule has 3 rings (SSSR count). The SMILES string of the molecule is O=c1ccn2[nH]c(CC3CCCCS3)nc2c1. The molecule has 1 aliphatic rings. The molecular formula is C12H15N3OS. The smallest absolute Gasteiger partial charge is 0.183 e. The topological polar surface area (TPSA) is 50.2 Å². The van der Waals surface area contributed by atoms with Gasteiger partial charge in [-0.1, -0.05) is 6.42 Å². The van der Waals surface area contributed by atoms with E-state index in [9.17, 15) is 4.79 Å². The van der Waals surface area contributed by atoms with Gasteiger partial charge in [-0.15, -0.1) is 0 Å². The second kappa shape index (κ2) is 4.56. The van der Waals surface area contributed by atoms with Gasteiger partial charge in [0.05, 0.1) is 0 Å². The maximum atomic E-state index is 11.2. The minimum absolute atomic E-state index is 0.00934. The van der Waals surface area contributed by atoms with Crippen molar-refractivity contribution in [2.45, 2.75) is 30.9 Å². The van der Waals surface area contributed by atoms with Crippen molar-refractivity contribution in [2.75, 3.05) is 5.75 Å². The summed E-state index contributed by atoms with van der Waals surface area (Å²) in [6, 6.07) is 3.11. The Hall–Kier alpha value is -1.23. The number of aromatic amines is 1. The molecule has 0 bridgehead atoms. The molecule has 1 N–H and O–H groups in total. The zero-order chi connectivity index (χ0) is 11.7. The van der Waals surface area contributed by atoms with Crippen LogP contribution in [0.2, 0.25) is 0 Å². The lowest BCUT2D eigenvalue weighted by atomic mass is 10.1. The van der Waals surface area contributed by atoms with E-state index >= 15 is 0 Å². The van der Waals surface area contributed by atoms with Gasteiger partial charge in [-0.2, -0.15) is 11.8 Å². The van der Waals surface area contributed by atoms with E-state index < -0.39 is 0 Å². The minimum atomic E-state index is 0.00934. The first-order valence-corrected chi connectivity index (χ1v) is 7.05. The van der Waals surface area contributed by atoms with Crippen LogP contribution in [-0.4, -0.2) is 25.6 Å². The molecule has 0 saturated carbocycles. The Kier molecular flexibility index (Phi) is 2.93. The summed E-state index contributed by atoms with van der Waals surface area (Å²) in [6.07, 6.45) is 6.66. The Balaban J connectivity index is 1.82. The summed E-state index contributed by atoms with van der Waals surface area (Å²) in [6.45, 7) is 0. The Bertz CT molecular complexity index is 568. The third kappa shape index (κ3) is 2.39. The number of hydrogen-bond donors (Lipinski definition) is 1. The van der Waals surface area contributed by atoms with Gasteiger partial charge in [-0.05, 0) is 18.6 Å². The van der Waals surface area contributed by atoms with Crippen LogP contribution >= 0.6 is 11.8 Å². The molecule has 0 aliphatic carbocycles. The summed E-state index contributed by atoms with van der Waals surface area (Å²) >= 11 is 2.04. The second-order valence-corrected chi connectivity index (χ2v) is 5.86. The van der Waals surface area contributed by atoms with Crippen LogP contribution in [0.15, 0.2) is 23.1 Å². The number of nitrogens with one attached hydrogen (secondary N) is 1. The average Bonchev–Trinajstić information content (AvgIpc) is 2.71. The molecule has 17 heavy (non-hydrogen) atoms. The van der Waals surface area contributed by atoms with Crippen LogP contribution in [0, 0.1) is 0 Å². The molecule has 1 aliphatic heterocycles. The molecule has 90 valence electrons. The van der Waals surface area contributed by atoms with Gasteiger partial charge in [0.1, 0.15) is 5.82 Å². The van der Waals surface area contributed by atoms with Gasteiger partial charge in [-0.25, -0.2) is 9.50 Å².